The molecule has 5 nitrogen and oxygen atoms in total. The Morgan fingerprint density at radius 3 is 2.35 bits per heavy atom. The molecule has 1 aliphatic heterocycles. The first-order valence-corrected chi connectivity index (χ1v) is 9.76. The lowest BCUT2D eigenvalue weighted by atomic mass is 9.99. The summed E-state index contributed by atoms with van der Waals surface area (Å²) in [6.45, 7) is 11.2. The Kier molecular flexibility index (Phi) is 7.49. The van der Waals surface area contributed by atoms with E-state index >= 15 is 0 Å². The van der Waals surface area contributed by atoms with Crippen LogP contribution in [0.15, 0.2) is 24.3 Å². The van der Waals surface area contributed by atoms with Gasteiger partial charge in [-0.05, 0) is 48.9 Å². The summed E-state index contributed by atoms with van der Waals surface area (Å²) in [5.74, 6) is 1.18. The summed E-state index contributed by atoms with van der Waals surface area (Å²) in [7, 11) is 0. The van der Waals surface area contributed by atoms with Gasteiger partial charge in [0.1, 0.15) is 0 Å². The summed E-state index contributed by atoms with van der Waals surface area (Å²) in [5.41, 5.74) is 2.06. The van der Waals surface area contributed by atoms with E-state index < -0.39 is 0 Å². The van der Waals surface area contributed by atoms with Gasteiger partial charge in [0.15, 0.2) is 0 Å². The Bertz CT molecular complexity index is 590. The van der Waals surface area contributed by atoms with Crippen molar-refractivity contribution in [2.45, 2.75) is 47.0 Å². The van der Waals surface area contributed by atoms with Crippen LogP contribution < -0.4 is 15.1 Å². The van der Waals surface area contributed by atoms with E-state index in [1.807, 2.05) is 12.1 Å². The lowest BCUT2D eigenvalue weighted by Crippen LogP contribution is -2.35. The maximum absolute atomic E-state index is 12.0. The zero-order valence-electron chi connectivity index (χ0n) is 16.6. The van der Waals surface area contributed by atoms with Gasteiger partial charge in [0.05, 0.1) is 0 Å². The standard InChI is InChI=1S/C21H33N3O2/c1-16(2)15-22-21(26)11-14-24(18(4)25)20-7-5-19(6-8-20)23-12-9-17(3)10-13-23/h5-8,16-17H,9-15H2,1-4H3,(H,22,26). The van der Waals surface area contributed by atoms with Crippen molar-refractivity contribution in [3.05, 3.63) is 24.3 Å². The van der Waals surface area contributed by atoms with Gasteiger partial charge in [0.2, 0.25) is 11.8 Å². The molecule has 1 aromatic carbocycles. The van der Waals surface area contributed by atoms with Crippen molar-refractivity contribution in [3.8, 4) is 0 Å². The Labute approximate surface area is 157 Å². The molecule has 1 aliphatic rings. The quantitative estimate of drug-likeness (QED) is 0.811. The van der Waals surface area contributed by atoms with Gasteiger partial charge in [-0.15, -0.1) is 0 Å². The summed E-state index contributed by atoms with van der Waals surface area (Å²) in [4.78, 5) is 28.0. The minimum Gasteiger partial charge on any atom is -0.372 e. The molecule has 1 heterocycles. The van der Waals surface area contributed by atoms with Crippen LogP contribution in [0.1, 0.15) is 47.0 Å². The summed E-state index contributed by atoms with van der Waals surface area (Å²) >= 11 is 0. The Morgan fingerprint density at radius 1 is 1.19 bits per heavy atom. The number of benzene rings is 1. The molecule has 0 spiro atoms. The third kappa shape index (κ3) is 6.04. The number of carbonyl (C=O) groups is 2. The Hall–Kier alpha value is -2.04. The molecule has 1 fully saturated rings. The summed E-state index contributed by atoms with van der Waals surface area (Å²) in [5, 5.41) is 2.90. The molecule has 2 amide bonds. The molecule has 0 atom stereocenters. The average Bonchev–Trinajstić information content (AvgIpc) is 2.61. The minimum absolute atomic E-state index is 0.0102. The number of amides is 2. The van der Waals surface area contributed by atoms with E-state index in [0.717, 1.165) is 24.7 Å². The number of anilines is 2. The van der Waals surface area contributed by atoms with Gasteiger partial charge < -0.3 is 15.1 Å². The zero-order valence-corrected chi connectivity index (χ0v) is 16.6. The van der Waals surface area contributed by atoms with E-state index in [4.69, 9.17) is 0 Å². The first-order valence-electron chi connectivity index (χ1n) is 9.76. The van der Waals surface area contributed by atoms with Crippen LogP contribution in [0, 0.1) is 11.8 Å². The third-order valence-electron chi connectivity index (χ3n) is 4.96. The highest BCUT2D eigenvalue weighted by atomic mass is 16.2. The number of nitrogens with one attached hydrogen (secondary N) is 1. The van der Waals surface area contributed by atoms with Crippen LogP contribution in [-0.2, 0) is 9.59 Å². The lowest BCUT2D eigenvalue weighted by Gasteiger charge is -2.32. The van der Waals surface area contributed by atoms with Gasteiger partial charge >= 0.3 is 0 Å². The summed E-state index contributed by atoms with van der Waals surface area (Å²) in [6, 6.07) is 8.14. The largest absolute Gasteiger partial charge is 0.372 e. The van der Waals surface area contributed by atoms with Gasteiger partial charge in [0, 0.05) is 50.9 Å². The zero-order chi connectivity index (χ0) is 19.1. The maximum atomic E-state index is 12.0. The monoisotopic (exact) mass is 359 g/mol. The predicted octanol–water partition coefficient (Wildman–Crippen LogP) is 3.44. The number of carbonyl (C=O) groups excluding carboxylic acids is 2. The Balaban J connectivity index is 1.94. The first kappa shape index (κ1) is 20.3. The highest BCUT2D eigenvalue weighted by molar-refractivity contribution is 5.92. The van der Waals surface area contributed by atoms with Gasteiger partial charge in [-0.3, -0.25) is 9.59 Å². The molecule has 2 rings (SSSR count). The van der Waals surface area contributed by atoms with E-state index in [9.17, 15) is 9.59 Å². The van der Waals surface area contributed by atoms with Crippen molar-refractivity contribution in [1.29, 1.82) is 0 Å². The second-order valence-electron chi connectivity index (χ2n) is 7.80. The van der Waals surface area contributed by atoms with E-state index in [-0.39, 0.29) is 11.8 Å². The fourth-order valence-electron chi connectivity index (χ4n) is 3.20. The molecule has 144 valence electrons. The van der Waals surface area contributed by atoms with Gasteiger partial charge in [-0.25, -0.2) is 0 Å². The van der Waals surface area contributed by atoms with E-state index in [0.29, 0.717) is 25.4 Å². The van der Waals surface area contributed by atoms with Gasteiger partial charge in [-0.1, -0.05) is 20.8 Å². The molecule has 0 aromatic heterocycles. The molecule has 0 unspecified atom stereocenters. The Morgan fingerprint density at radius 2 is 1.81 bits per heavy atom. The molecule has 1 aromatic rings. The average molecular weight is 360 g/mol. The second-order valence-corrected chi connectivity index (χ2v) is 7.80. The molecule has 0 aliphatic carbocycles. The number of hydrogen-bond donors (Lipinski definition) is 1. The van der Waals surface area contributed by atoms with Crippen LogP contribution in [0.5, 0.6) is 0 Å². The third-order valence-corrected chi connectivity index (χ3v) is 4.96. The molecule has 26 heavy (non-hydrogen) atoms. The molecular weight excluding hydrogens is 326 g/mol. The molecule has 0 radical (unpaired) electrons. The van der Waals surface area contributed by atoms with Crippen molar-refractivity contribution < 1.29 is 9.59 Å². The smallest absolute Gasteiger partial charge is 0.223 e. The first-order chi connectivity index (χ1) is 12.4. The predicted molar refractivity (Wildman–Crippen MR) is 108 cm³/mol. The fraction of sp³-hybridized carbons (Fsp3) is 0.619. The van der Waals surface area contributed by atoms with Crippen LogP contribution in [0.2, 0.25) is 0 Å². The lowest BCUT2D eigenvalue weighted by molar-refractivity contribution is -0.121. The van der Waals surface area contributed by atoms with Crippen LogP contribution in [0.25, 0.3) is 0 Å². The number of nitrogens with zero attached hydrogens (tertiary/aromatic N) is 2. The molecule has 5 heteroatoms. The summed E-state index contributed by atoms with van der Waals surface area (Å²) < 4.78 is 0. The van der Waals surface area contributed by atoms with E-state index in [1.165, 1.54) is 18.5 Å². The molecule has 0 bridgehead atoms. The fourth-order valence-corrected chi connectivity index (χ4v) is 3.20. The molecular formula is C21H33N3O2. The van der Waals surface area contributed by atoms with E-state index in [1.54, 1.807) is 11.8 Å². The second kappa shape index (κ2) is 9.60. The van der Waals surface area contributed by atoms with Crippen LogP contribution >= 0.6 is 0 Å². The topological polar surface area (TPSA) is 52.7 Å². The number of piperidine rings is 1. The van der Waals surface area contributed by atoms with Crippen molar-refractivity contribution in [3.63, 3.8) is 0 Å². The maximum Gasteiger partial charge on any atom is 0.223 e. The van der Waals surface area contributed by atoms with E-state index in [2.05, 4.69) is 43.1 Å². The minimum atomic E-state index is -0.0405. The molecule has 0 saturated carbocycles. The highest BCUT2D eigenvalue weighted by Gasteiger charge is 2.17. The highest BCUT2D eigenvalue weighted by Crippen LogP contribution is 2.25. The SMILES string of the molecule is CC(=O)N(CCC(=O)NCC(C)C)c1ccc(N2CCC(C)CC2)cc1. The normalized spacial score (nSPS) is 15.2. The van der Waals surface area contributed by atoms with Crippen LogP contribution in [0.3, 0.4) is 0 Å². The van der Waals surface area contributed by atoms with Gasteiger partial charge in [0.25, 0.3) is 0 Å². The molecule has 1 saturated heterocycles. The van der Waals surface area contributed by atoms with Crippen molar-refractivity contribution in [1.82, 2.24) is 5.32 Å². The summed E-state index contributed by atoms with van der Waals surface area (Å²) in [6.07, 6.45) is 2.78. The van der Waals surface area contributed by atoms with Gasteiger partial charge in [-0.2, -0.15) is 0 Å². The number of rotatable bonds is 7. The van der Waals surface area contributed by atoms with Crippen LogP contribution in [-0.4, -0.2) is 38.0 Å². The van der Waals surface area contributed by atoms with Crippen molar-refractivity contribution >= 4 is 23.2 Å². The molecule has 1 N–H and O–H groups in total. The van der Waals surface area contributed by atoms with Crippen LogP contribution in [0.4, 0.5) is 11.4 Å². The van der Waals surface area contributed by atoms with Crippen molar-refractivity contribution in [2.24, 2.45) is 11.8 Å². The number of hydrogen-bond acceptors (Lipinski definition) is 3. The van der Waals surface area contributed by atoms with Crippen molar-refractivity contribution in [2.75, 3.05) is 36.0 Å².